The lowest BCUT2D eigenvalue weighted by Crippen LogP contribution is -2.41. The predicted molar refractivity (Wildman–Crippen MR) is 76.6 cm³/mol. The Hall–Kier alpha value is -2.09. The average Bonchev–Trinajstić information content (AvgIpc) is 2.45. The summed E-state index contributed by atoms with van der Waals surface area (Å²) in [6.07, 6.45) is -5.58. The summed E-state index contributed by atoms with van der Waals surface area (Å²) in [5.41, 5.74) is -2.77. The van der Waals surface area contributed by atoms with Crippen molar-refractivity contribution in [2.24, 2.45) is 0 Å². The van der Waals surface area contributed by atoms with E-state index < -0.39 is 47.5 Å². The van der Waals surface area contributed by atoms with Crippen LogP contribution in [0.25, 0.3) is 0 Å². The van der Waals surface area contributed by atoms with Gasteiger partial charge in [-0.3, -0.25) is 4.79 Å². The molecule has 2 rings (SSSR count). The van der Waals surface area contributed by atoms with Gasteiger partial charge in [-0.15, -0.1) is 0 Å². The molecule has 1 unspecified atom stereocenters. The Morgan fingerprint density at radius 1 is 1.42 bits per heavy atom. The molecule has 1 aromatic carbocycles. The van der Waals surface area contributed by atoms with E-state index >= 15 is 0 Å². The number of hydrogen-bond donors (Lipinski definition) is 1. The summed E-state index contributed by atoms with van der Waals surface area (Å²) >= 11 is 5.89. The van der Waals surface area contributed by atoms with Gasteiger partial charge in [-0.2, -0.15) is 13.2 Å². The van der Waals surface area contributed by atoms with Crippen LogP contribution < -0.4 is 5.32 Å². The first kappa shape index (κ1) is 18.3. The Morgan fingerprint density at radius 2 is 2.08 bits per heavy atom. The Kier molecular flexibility index (Phi) is 5.17. The molecule has 1 amide bonds. The van der Waals surface area contributed by atoms with E-state index in [1.807, 2.05) is 0 Å². The first-order valence-corrected chi connectivity index (χ1v) is 7.26. The van der Waals surface area contributed by atoms with Crippen molar-refractivity contribution in [3.05, 3.63) is 45.9 Å². The number of alkyl halides is 3. The maximum atomic E-state index is 14.1. The maximum Gasteiger partial charge on any atom is 0.431 e. The fraction of sp³-hybridized carbons (Fsp3) is 0.333. The number of halogens is 5. The van der Waals surface area contributed by atoms with Crippen LogP contribution in [0.4, 0.5) is 17.6 Å². The minimum absolute atomic E-state index is 0.181. The molecule has 0 saturated heterocycles. The van der Waals surface area contributed by atoms with Crippen molar-refractivity contribution in [2.45, 2.75) is 25.4 Å². The SMILES string of the molecule is CCOC(=O)C1=C(C(F)(F)F)NC(=O)CC1c1c(F)cccc1Cl. The molecule has 0 aromatic heterocycles. The van der Waals surface area contributed by atoms with Crippen LogP contribution in [-0.2, 0) is 14.3 Å². The van der Waals surface area contributed by atoms with Crippen LogP contribution >= 0.6 is 11.6 Å². The molecule has 0 radical (unpaired) electrons. The van der Waals surface area contributed by atoms with E-state index in [9.17, 15) is 27.2 Å². The second-order valence-electron chi connectivity index (χ2n) is 4.95. The zero-order valence-corrected chi connectivity index (χ0v) is 13.1. The van der Waals surface area contributed by atoms with Crippen LogP contribution in [-0.4, -0.2) is 24.7 Å². The minimum Gasteiger partial charge on any atom is -0.463 e. The third kappa shape index (κ3) is 3.53. The Morgan fingerprint density at radius 3 is 2.62 bits per heavy atom. The summed E-state index contributed by atoms with van der Waals surface area (Å²) in [5.74, 6) is -4.69. The number of allylic oxidation sites excluding steroid dienone is 1. The van der Waals surface area contributed by atoms with Crippen LogP contribution in [0.3, 0.4) is 0 Å². The largest absolute Gasteiger partial charge is 0.463 e. The number of hydrogen-bond acceptors (Lipinski definition) is 3. The van der Waals surface area contributed by atoms with Crippen LogP contribution in [0.1, 0.15) is 24.8 Å². The smallest absolute Gasteiger partial charge is 0.431 e. The quantitative estimate of drug-likeness (QED) is 0.659. The van der Waals surface area contributed by atoms with Crippen molar-refractivity contribution in [1.82, 2.24) is 5.32 Å². The van der Waals surface area contributed by atoms with E-state index in [4.69, 9.17) is 11.6 Å². The van der Waals surface area contributed by atoms with E-state index in [2.05, 4.69) is 4.74 Å². The maximum absolute atomic E-state index is 14.1. The van der Waals surface area contributed by atoms with Gasteiger partial charge in [-0.1, -0.05) is 17.7 Å². The van der Waals surface area contributed by atoms with Gasteiger partial charge in [0, 0.05) is 22.9 Å². The fourth-order valence-electron chi connectivity index (χ4n) is 2.49. The van der Waals surface area contributed by atoms with E-state index in [-0.39, 0.29) is 17.2 Å². The highest BCUT2D eigenvalue weighted by Crippen LogP contribution is 2.42. The lowest BCUT2D eigenvalue weighted by atomic mass is 9.83. The van der Waals surface area contributed by atoms with E-state index in [1.165, 1.54) is 19.1 Å². The van der Waals surface area contributed by atoms with Crippen LogP contribution in [0.5, 0.6) is 0 Å². The lowest BCUT2D eigenvalue weighted by molar-refractivity contribution is -0.142. The summed E-state index contributed by atoms with van der Waals surface area (Å²) in [6, 6.07) is 3.52. The number of nitrogens with one attached hydrogen (secondary N) is 1. The van der Waals surface area contributed by atoms with Gasteiger partial charge in [0.2, 0.25) is 5.91 Å². The van der Waals surface area contributed by atoms with Gasteiger partial charge in [-0.25, -0.2) is 9.18 Å². The normalized spacial score (nSPS) is 18.4. The summed E-state index contributed by atoms with van der Waals surface area (Å²) in [4.78, 5) is 23.8. The molecule has 0 fully saturated rings. The average molecular weight is 366 g/mol. The Balaban J connectivity index is 2.71. The van der Waals surface area contributed by atoms with Gasteiger partial charge in [0.25, 0.3) is 0 Å². The highest BCUT2D eigenvalue weighted by molar-refractivity contribution is 6.31. The Bertz CT molecular complexity index is 695. The summed E-state index contributed by atoms with van der Waals surface area (Å²) in [7, 11) is 0. The highest BCUT2D eigenvalue weighted by atomic mass is 35.5. The zero-order valence-electron chi connectivity index (χ0n) is 12.3. The second kappa shape index (κ2) is 6.80. The van der Waals surface area contributed by atoms with E-state index in [0.717, 1.165) is 6.07 Å². The summed E-state index contributed by atoms with van der Waals surface area (Å²) < 4.78 is 58.5. The summed E-state index contributed by atoms with van der Waals surface area (Å²) in [6.45, 7) is 1.23. The molecule has 1 aliphatic heterocycles. The second-order valence-corrected chi connectivity index (χ2v) is 5.35. The molecule has 130 valence electrons. The predicted octanol–water partition coefficient (Wildman–Crippen LogP) is 3.46. The third-order valence-electron chi connectivity index (χ3n) is 3.40. The van der Waals surface area contributed by atoms with Gasteiger partial charge in [-0.05, 0) is 19.1 Å². The van der Waals surface area contributed by atoms with Crippen molar-refractivity contribution in [3.8, 4) is 0 Å². The molecule has 0 aliphatic carbocycles. The highest BCUT2D eigenvalue weighted by Gasteiger charge is 2.46. The number of esters is 1. The molecule has 1 atom stereocenters. The monoisotopic (exact) mass is 365 g/mol. The van der Waals surface area contributed by atoms with E-state index in [0.29, 0.717) is 0 Å². The van der Waals surface area contributed by atoms with Crippen molar-refractivity contribution in [2.75, 3.05) is 6.61 Å². The van der Waals surface area contributed by atoms with Crippen LogP contribution in [0.15, 0.2) is 29.5 Å². The first-order valence-electron chi connectivity index (χ1n) is 6.89. The first-order chi connectivity index (χ1) is 11.2. The number of benzene rings is 1. The number of rotatable bonds is 3. The minimum atomic E-state index is -5.02. The van der Waals surface area contributed by atoms with Gasteiger partial charge >= 0.3 is 12.1 Å². The molecule has 24 heavy (non-hydrogen) atoms. The molecule has 1 aliphatic rings. The molecule has 0 saturated carbocycles. The molecule has 9 heteroatoms. The molecule has 1 aromatic rings. The fourth-order valence-corrected chi connectivity index (χ4v) is 2.78. The molecule has 1 heterocycles. The number of carbonyl (C=O) groups excluding carboxylic acids is 2. The topological polar surface area (TPSA) is 55.4 Å². The third-order valence-corrected chi connectivity index (χ3v) is 3.73. The number of carbonyl (C=O) groups is 2. The van der Waals surface area contributed by atoms with Gasteiger partial charge < -0.3 is 10.1 Å². The number of amides is 1. The zero-order chi connectivity index (χ0) is 18.1. The lowest BCUT2D eigenvalue weighted by Gasteiger charge is -2.29. The van der Waals surface area contributed by atoms with Gasteiger partial charge in [0.15, 0.2) is 0 Å². The molecular weight excluding hydrogens is 354 g/mol. The molecule has 0 bridgehead atoms. The van der Waals surface area contributed by atoms with Gasteiger partial charge in [0.1, 0.15) is 11.5 Å². The van der Waals surface area contributed by atoms with Crippen molar-refractivity contribution >= 4 is 23.5 Å². The molecule has 4 nitrogen and oxygen atoms in total. The van der Waals surface area contributed by atoms with Crippen molar-refractivity contribution in [3.63, 3.8) is 0 Å². The standard InChI is InChI=1S/C15H12ClF4NO3/c1-2-24-14(23)12-7(11-8(16)4-3-5-9(11)17)6-10(22)21-13(12)15(18,19)20/h3-5,7H,2,6H2,1H3,(H,21,22). The molecule has 0 spiro atoms. The van der Waals surface area contributed by atoms with Crippen LogP contribution in [0, 0.1) is 5.82 Å². The Labute approximate surface area is 139 Å². The summed E-state index contributed by atoms with van der Waals surface area (Å²) in [5, 5.41) is 1.45. The molecule has 1 N–H and O–H groups in total. The van der Waals surface area contributed by atoms with Crippen LogP contribution in [0.2, 0.25) is 5.02 Å². The van der Waals surface area contributed by atoms with Gasteiger partial charge in [0.05, 0.1) is 12.2 Å². The number of ether oxygens (including phenoxy) is 1. The van der Waals surface area contributed by atoms with E-state index in [1.54, 1.807) is 5.32 Å². The molecular formula is C15H12ClF4NO3. The van der Waals surface area contributed by atoms with Crippen molar-refractivity contribution in [1.29, 1.82) is 0 Å². The van der Waals surface area contributed by atoms with Crippen molar-refractivity contribution < 1.29 is 31.9 Å².